The molecule has 3 aromatic carbocycles. The molecule has 0 unspecified atom stereocenters. The second kappa shape index (κ2) is 10.0. The second-order valence-electron chi connectivity index (χ2n) is 6.84. The minimum absolute atomic E-state index is 0.204. The van der Waals surface area contributed by atoms with Crippen molar-refractivity contribution in [1.82, 2.24) is 5.32 Å². The van der Waals surface area contributed by atoms with Gasteiger partial charge in [-0.3, -0.25) is 19.6 Å². The predicted molar refractivity (Wildman–Crippen MR) is 121 cm³/mol. The molecule has 2 N–H and O–H groups in total. The van der Waals surface area contributed by atoms with E-state index in [1.807, 2.05) is 0 Å². The number of rotatable bonds is 9. The molecule has 0 aliphatic carbocycles. The van der Waals surface area contributed by atoms with Crippen LogP contribution in [0.15, 0.2) is 71.6 Å². The quantitative estimate of drug-likeness (QED) is 0.361. The molecule has 0 heterocycles. The maximum atomic E-state index is 12.5. The number of ether oxygens (including phenoxy) is 2. The minimum atomic E-state index is -4.04. The van der Waals surface area contributed by atoms with E-state index in [0.717, 1.165) is 11.6 Å². The van der Waals surface area contributed by atoms with Crippen molar-refractivity contribution in [3.8, 4) is 11.5 Å². The van der Waals surface area contributed by atoms with Crippen molar-refractivity contribution < 1.29 is 27.6 Å². The lowest BCUT2D eigenvalue weighted by molar-refractivity contribution is -0.385. The Morgan fingerprint density at radius 2 is 1.61 bits per heavy atom. The number of carbonyl (C=O) groups is 1. The maximum Gasteiger partial charge on any atom is 0.270 e. The summed E-state index contributed by atoms with van der Waals surface area (Å²) >= 11 is 0. The lowest BCUT2D eigenvalue weighted by Gasteiger charge is -2.11. The number of benzene rings is 3. The topological polar surface area (TPSA) is 137 Å². The highest BCUT2D eigenvalue weighted by molar-refractivity contribution is 7.92. The number of hydrogen-bond donors (Lipinski definition) is 2. The zero-order valence-electron chi connectivity index (χ0n) is 17.8. The van der Waals surface area contributed by atoms with Gasteiger partial charge in [-0.2, -0.15) is 0 Å². The van der Waals surface area contributed by atoms with Crippen molar-refractivity contribution in [3.63, 3.8) is 0 Å². The van der Waals surface area contributed by atoms with Gasteiger partial charge in [0.1, 0.15) is 11.5 Å². The lowest BCUT2D eigenvalue weighted by Crippen LogP contribution is -2.22. The summed E-state index contributed by atoms with van der Waals surface area (Å²) < 4.78 is 37.8. The Bertz CT molecular complexity index is 1250. The summed E-state index contributed by atoms with van der Waals surface area (Å²) in [6, 6.07) is 15.8. The van der Waals surface area contributed by atoms with Gasteiger partial charge in [0.15, 0.2) is 0 Å². The molecule has 11 heteroatoms. The van der Waals surface area contributed by atoms with E-state index in [0.29, 0.717) is 17.1 Å². The highest BCUT2D eigenvalue weighted by Gasteiger charge is 2.18. The fourth-order valence-corrected chi connectivity index (χ4v) is 4.02. The summed E-state index contributed by atoms with van der Waals surface area (Å²) in [6.45, 7) is 0.230. The third kappa shape index (κ3) is 5.98. The van der Waals surface area contributed by atoms with Gasteiger partial charge in [0.05, 0.1) is 24.0 Å². The van der Waals surface area contributed by atoms with Crippen LogP contribution in [0.4, 0.5) is 11.4 Å². The van der Waals surface area contributed by atoms with E-state index in [1.54, 1.807) is 18.2 Å². The molecule has 172 valence electrons. The van der Waals surface area contributed by atoms with Crippen LogP contribution in [0, 0.1) is 10.1 Å². The number of amides is 1. The fourth-order valence-electron chi connectivity index (χ4n) is 2.92. The number of carbonyl (C=O) groups excluding carboxylic acids is 1. The summed E-state index contributed by atoms with van der Waals surface area (Å²) in [6.07, 6.45) is 0. The van der Waals surface area contributed by atoms with Gasteiger partial charge in [0.2, 0.25) is 0 Å². The van der Waals surface area contributed by atoms with Crippen LogP contribution in [0.2, 0.25) is 0 Å². The number of nitro groups is 1. The molecule has 0 fully saturated rings. The fraction of sp³-hybridized carbons (Fsp3) is 0.136. The first kappa shape index (κ1) is 23.5. The molecule has 0 aliphatic rings. The molecule has 10 nitrogen and oxygen atoms in total. The van der Waals surface area contributed by atoms with E-state index >= 15 is 0 Å². The van der Waals surface area contributed by atoms with E-state index in [9.17, 15) is 23.3 Å². The van der Waals surface area contributed by atoms with Gasteiger partial charge in [0.25, 0.3) is 21.6 Å². The summed E-state index contributed by atoms with van der Waals surface area (Å²) in [4.78, 5) is 22.4. The van der Waals surface area contributed by atoms with Crippen molar-refractivity contribution in [1.29, 1.82) is 0 Å². The van der Waals surface area contributed by atoms with Crippen LogP contribution < -0.4 is 19.5 Å². The van der Waals surface area contributed by atoms with Crippen LogP contribution in [-0.2, 0) is 16.6 Å². The Labute approximate surface area is 190 Å². The molecule has 0 spiro atoms. The lowest BCUT2D eigenvalue weighted by atomic mass is 10.1. The largest absolute Gasteiger partial charge is 0.497 e. The molecule has 0 aromatic heterocycles. The molecule has 1 amide bonds. The molecule has 0 radical (unpaired) electrons. The summed E-state index contributed by atoms with van der Waals surface area (Å²) in [5.41, 5.74) is 0.971. The van der Waals surface area contributed by atoms with E-state index in [-0.39, 0.29) is 28.7 Å². The Kier molecular flexibility index (Phi) is 7.13. The normalized spacial score (nSPS) is 10.8. The Morgan fingerprint density at radius 1 is 0.970 bits per heavy atom. The van der Waals surface area contributed by atoms with Gasteiger partial charge in [-0.1, -0.05) is 6.07 Å². The zero-order chi connectivity index (χ0) is 24.0. The van der Waals surface area contributed by atoms with Crippen LogP contribution >= 0.6 is 0 Å². The van der Waals surface area contributed by atoms with Crippen LogP contribution in [0.5, 0.6) is 11.5 Å². The number of non-ortho nitro benzene ring substituents is 1. The molecule has 0 atom stereocenters. The summed E-state index contributed by atoms with van der Waals surface area (Å²) in [7, 11) is -0.973. The van der Waals surface area contributed by atoms with Crippen molar-refractivity contribution in [3.05, 3.63) is 88.0 Å². The maximum absolute atomic E-state index is 12.5. The van der Waals surface area contributed by atoms with E-state index in [2.05, 4.69) is 10.0 Å². The summed E-state index contributed by atoms with van der Waals surface area (Å²) in [5, 5.41) is 13.7. The Hall–Kier alpha value is -4.12. The number of nitrogens with one attached hydrogen (secondary N) is 2. The average molecular weight is 471 g/mol. The molecule has 0 bridgehead atoms. The van der Waals surface area contributed by atoms with E-state index in [4.69, 9.17) is 9.47 Å². The standard InChI is InChI=1S/C22H21N3O7S/c1-31-19-10-15(11-20(13-19)32-2)14-23-22(26)16-6-8-17(9-7-16)24-33(29,30)21-5-3-4-18(12-21)25(27)28/h3-13,24H,14H2,1-2H3,(H,23,26). The molecular formula is C22H21N3O7S. The van der Waals surface area contributed by atoms with Gasteiger partial charge in [-0.15, -0.1) is 0 Å². The van der Waals surface area contributed by atoms with Crippen molar-refractivity contribution >= 4 is 27.3 Å². The number of anilines is 1. The zero-order valence-corrected chi connectivity index (χ0v) is 18.6. The van der Waals surface area contributed by atoms with Gasteiger partial charge in [0, 0.05) is 36.0 Å². The SMILES string of the molecule is COc1cc(CNC(=O)c2ccc(NS(=O)(=O)c3cccc([N+](=O)[O-])c3)cc2)cc(OC)c1. The average Bonchev–Trinajstić information content (AvgIpc) is 2.82. The summed E-state index contributed by atoms with van der Waals surface area (Å²) in [5.74, 6) is 0.836. The third-order valence-corrected chi connectivity index (χ3v) is 5.98. The molecule has 0 saturated heterocycles. The number of sulfonamides is 1. The van der Waals surface area contributed by atoms with Gasteiger partial charge in [-0.25, -0.2) is 8.42 Å². The van der Waals surface area contributed by atoms with E-state index in [1.165, 1.54) is 56.7 Å². The number of methoxy groups -OCH3 is 2. The van der Waals surface area contributed by atoms with E-state index < -0.39 is 14.9 Å². The van der Waals surface area contributed by atoms with Crippen molar-refractivity contribution in [2.24, 2.45) is 0 Å². The predicted octanol–water partition coefficient (Wildman–Crippen LogP) is 3.34. The Morgan fingerprint density at radius 3 is 2.18 bits per heavy atom. The van der Waals surface area contributed by atoms with Crippen LogP contribution in [0.25, 0.3) is 0 Å². The molecule has 3 aromatic rings. The van der Waals surface area contributed by atoms with Crippen LogP contribution in [0.3, 0.4) is 0 Å². The number of nitro benzene ring substituents is 1. The monoisotopic (exact) mass is 471 g/mol. The van der Waals surface area contributed by atoms with Gasteiger partial charge in [-0.05, 0) is 48.0 Å². The smallest absolute Gasteiger partial charge is 0.270 e. The number of hydrogen-bond acceptors (Lipinski definition) is 7. The molecular weight excluding hydrogens is 450 g/mol. The van der Waals surface area contributed by atoms with Crippen molar-refractivity contribution in [2.75, 3.05) is 18.9 Å². The van der Waals surface area contributed by atoms with Crippen LogP contribution in [0.1, 0.15) is 15.9 Å². The highest BCUT2D eigenvalue weighted by Crippen LogP contribution is 2.23. The number of nitrogens with zero attached hydrogens (tertiary/aromatic N) is 1. The first-order valence-electron chi connectivity index (χ1n) is 9.59. The second-order valence-corrected chi connectivity index (χ2v) is 8.52. The third-order valence-electron chi connectivity index (χ3n) is 4.60. The Balaban J connectivity index is 1.67. The minimum Gasteiger partial charge on any atom is -0.497 e. The first-order valence-corrected chi connectivity index (χ1v) is 11.1. The molecule has 0 saturated carbocycles. The first-order chi connectivity index (χ1) is 15.7. The highest BCUT2D eigenvalue weighted by atomic mass is 32.2. The molecule has 0 aliphatic heterocycles. The van der Waals surface area contributed by atoms with Gasteiger partial charge < -0.3 is 14.8 Å². The van der Waals surface area contributed by atoms with Crippen molar-refractivity contribution in [2.45, 2.75) is 11.4 Å². The van der Waals surface area contributed by atoms with Crippen LogP contribution in [-0.4, -0.2) is 33.5 Å². The molecule has 33 heavy (non-hydrogen) atoms. The van der Waals surface area contributed by atoms with Gasteiger partial charge >= 0.3 is 0 Å². The molecule has 3 rings (SSSR count).